The number of halogens is 1. The average Bonchev–Trinajstić information content (AvgIpc) is 3.17. The van der Waals surface area contributed by atoms with Crippen molar-refractivity contribution in [2.24, 2.45) is 5.73 Å². The molecule has 0 aromatic heterocycles. The predicted octanol–water partition coefficient (Wildman–Crippen LogP) is 0.984. The fourth-order valence-electron chi connectivity index (χ4n) is 3.33. The summed E-state index contributed by atoms with van der Waals surface area (Å²) in [6, 6.07) is 1.27. The number of likely N-dealkylation sites (tertiary alicyclic amines) is 2. The van der Waals surface area contributed by atoms with E-state index in [0.717, 1.165) is 19.0 Å². The van der Waals surface area contributed by atoms with Gasteiger partial charge in [0.1, 0.15) is 6.17 Å². The molecule has 2 saturated heterocycles. The molecule has 2 atom stereocenters. The Hall–Kier alpha value is -0.190. The lowest BCUT2D eigenvalue weighted by molar-refractivity contribution is 0.0485. The van der Waals surface area contributed by atoms with Gasteiger partial charge in [-0.05, 0) is 45.2 Å². The summed E-state index contributed by atoms with van der Waals surface area (Å²) < 4.78 is 13.6. The topological polar surface area (TPSA) is 32.5 Å². The first-order valence-electron chi connectivity index (χ1n) is 7.12. The number of hydrogen-bond donors (Lipinski definition) is 1. The van der Waals surface area contributed by atoms with Crippen molar-refractivity contribution in [2.45, 2.75) is 56.4 Å². The van der Waals surface area contributed by atoms with Crippen LogP contribution in [0.5, 0.6) is 0 Å². The molecule has 2 aliphatic heterocycles. The molecule has 0 aromatic rings. The lowest BCUT2D eigenvalue weighted by atomic mass is 9.97. The Morgan fingerprint density at radius 1 is 0.824 bits per heavy atom. The van der Waals surface area contributed by atoms with Crippen molar-refractivity contribution < 1.29 is 4.39 Å². The minimum absolute atomic E-state index is 0.224. The molecule has 0 spiro atoms. The Morgan fingerprint density at radius 2 is 1.41 bits per heavy atom. The average molecular weight is 241 g/mol. The lowest BCUT2D eigenvalue weighted by Gasteiger charge is -2.42. The third-order valence-corrected chi connectivity index (χ3v) is 4.70. The van der Waals surface area contributed by atoms with Gasteiger partial charge in [0.15, 0.2) is 0 Å². The highest BCUT2D eigenvalue weighted by Gasteiger charge is 2.35. The highest BCUT2D eigenvalue weighted by Crippen LogP contribution is 2.31. The zero-order chi connectivity index (χ0) is 11.8. The zero-order valence-electron chi connectivity index (χ0n) is 10.5. The molecule has 3 aliphatic rings. The van der Waals surface area contributed by atoms with Crippen LogP contribution in [0, 0.1) is 0 Å². The summed E-state index contributed by atoms with van der Waals surface area (Å²) in [6.07, 6.45) is 5.25. The van der Waals surface area contributed by atoms with Crippen LogP contribution in [-0.4, -0.2) is 60.3 Å². The van der Waals surface area contributed by atoms with Gasteiger partial charge >= 0.3 is 0 Å². The van der Waals surface area contributed by atoms with Gasteiger partial charge in [0.25, 0.3) is 0 Å². The second kappa shape index (κ2) is 4.82. The van der Waals surface area contributed by atoms with Crippen molar-refractivity contribution in [1.29, 1.82) is 0 Å². The van der Waals surface area contributed by atoms with E-state index in [0.29, 0.717) is 12.6 Å². The van der Waals surface area contributed by atoms with E-state index >= 15 is 0 Å². The van der Waals surface area contributed by atoms with E-state index in [1.165, 1.54) is 38.8 Å². The van der Waals surface area contributed by atoms with Gasteiger partial charge in [0.2, 0.25) is 0 Å². The first-order valence-corrected chi connectivity index (χ1v) is 7.12. The first kappa shape index (κ1) is 11.9. The summed E-state index contributed by atoms with van der Waals surface area (Å²) in [4.78, 5) is 4.97. The summed E-state index contributed by atoms with van der Waals surface area (Å²) in [5.41, 5.74) is 5.73. The largest absolute Gasteiger partial charge is 0.325 e. The minimum atomic E-state index is -0.815. The summed E-state index contributed by atoms with van der Waals surface area (Å²) in [5.74, 6) is 0. The van der Waals surface area contributed by atoms with Crippen LogP contribution < -0.4 is 5.73 Å². The highest BCUT2D eigenvalue weighted by atomic mass is 19.1. The van der Waals surface area contributed by atoms with Crippen molar-refractivity contribution in [2.75, 3.05) is 26.2 Å². The van der Waals surface area contributed by atoms with Gasteiger partial charge in [-0.1, -0.05) is 0 Å². The number of hydrogen-bond acceptors (Lipinski definition) is 3. The molecule has 98 valence electrons. The normalized spacial score (nSPS) is 38.5. The molecule has 3 fully saturated rings. The first-order chi connectivity index (χ1) is 8.24. The van der Waals surface area contributed by atoms with Crippen LogP contribution in [0.1, 0.15) is 32.1 Å². The molecule has 1 aliphatic carbocycles. The van der Waals surface area contributed by atoms with Crippen LogP contribution in [-0.2, 0) is 0 Å². The van der Waals surface area contributed by atoms with Crippen LogP contribution in [0.15, 0.2) is 0 Å². The van der Waals surface area contributed by atoms with Crippen LogP contribution >= 0.6 is 0 Å². The third kappa shape index (κ3) is 2.64. The molecular formula is C13H24FN3. The number of piperidine rings is 2. The van der Waals surface area contributed by atoms with Crippen molar-refractivity contribution in [1.82, 2.24) is 9.80 Å². The lowest BCUT2D eigenvalue weighted by Crippen LogP contribution is -2.54. The Kier molecular flexibility index (Phi) is 3.37. The van der Waals surface area contributed by atoms with E-state index in [2.05, 4.69) is 9.80 Å². The summed E-state index contributed by atoms with van der Waals surface area (Å²) >= 11 is 0. The number of rotatable bonds is 2. The Bertz CT molecular complexity index is 261. The van der Waals surface area contributed by atoms with Gasteiger partial charge in [-0.2, -0.15) is 0 Å². The molecule has 2 N–H and O–H groups in total. The van der Waals surface area contributed by atoms with E-state index in [4.69, 9.17) is 5.73 Å². The maximum Gasteiger partial charge on any atom is 0.128 e. The van der Waals surface area contributed by atoms with Gasteiger partial charge in [-0.15, -0.1) is 0 Å². The molecule has 2 heterocycles. The van der Waals surface area contributed by atoms with Crippen LogP contribution in [0.25, 0.3) is 0 Å². The van der Waals surface area contributed by atoms with Crippen molar-refractivity contribution >= 4 is 0 Å². The fourth-order valence-corrected chi connectivity index (χ4v) is 3.33. The number of alkyl halides is 1. The molecule has 0 bridgehead atoms. The second-order valence-corrected chi connectivity index (χ2v) is 5.96. The van der Waals surface area contributed by atoms with Gasteiger partial charge in [-0.25, -0.2) is 4.39 Å². The molecule has 0 radical (unpaired) electrons. The van der Waals surface area contributed by atoms with E-state index in [9.17, 15) is 4.39 Å². The van der Waals surface area contributed by atoms with E-state index in [1.807, 2.05) is 0 Å². The van der Waals surface area contributed by atoms with Crippen molar-refractivity contribution in [3.8, 4) is 0 Å². The predicted molar refractivity (Wildman–Crippen MR) is 66.7 cm³/mol. The summed E-state index contributed by atoms with van der Waals surface area (Å²) in [6.45, 7) is 3.99. The highest BCUT2D eigenvalue weighted by molar-refractivity contribution is 4.92. The second-order valence-electron chi connectivity index (χ2n) is 5.96. The molecule has 3 nitrogen and oxygen atoms in total. The number of nitrogens with zero attached hydrogens (tertiary/aromatic N) is 2. The van der Waals surface area contributed by atoms with Gasteiger partial charge in [0, 0.05) is 31.2 Å². The van der Waals surface area contributed by atoms with Crippen LogP contribution in [0.4, 0.5) is 4.39 Å². The van der Waals surface area contributed by atoms with Gasteiger partial charge < -0.3 is 10.6 Å². The molecule has 4 heteroatoms. The molecule has 0 aromatic carbocycles. The minimum Gasteiger partial charge on any atom is -0.325 e. The quantitative estimate of drug-likeness (QED) is 0.782. The maximum absolute atomic E-state index is 13.6. The Labute approximate surface area is 103 Å². The third-order valence-electron chi connectivity index (χ3n) is 4.70. The molecule has 0 amide bonds. The van der Waals surface area contributed by atoms with Gasteiger partial charge in [0.05, 0.1) is 0 Å². The number of nitrogens with two attached hydrogens (primary N) is 1. The van der Waals surface area contributed by atoms with E-state index in [-0.39, 0.29) is 6.04 Å². The zero-order valence-corrected chi connectivity index (χ0v) is 10.5. The summed E-state index contributed by atoms with van der Waals surface area (Å²) in [7, 11) is 0. The Balaban J connectivity index is 1.49. The molecular weight excluding hydrogens is 217 g/mol. The molecule has 1 saturated carbocycles. The van der Waals surface area contributed by atoms with Crippen LogP contribution in [0.2, 0.25) is 0 Å². The Morgan fingerprint density at radius 3 is 2.00 bits per heavy atom. The maximum atomic E-state index is 13.6. The van der Waals surface area contributed by atoms with Crippen molar-refractivity contribution in [3.63, 3.8) is 0 Å². The molecule has 3 rings (SSSR count). The fraction of sp³-hybridized carbons (Fsp3) is 1.00. The van der Waals surface area contributed by atoms with Gasteiger partial charge in [-0.3, -0.25) is 4.90 Å². The molecule has 2 unspecified atom stereocenters. The summed E-state index contributed by atoms with van der Waals surface area (Å²) in [5, 5.41) is 0. The molecule has 17 heavy (non-hydrogen) atoms. The monoisotopic (exact) mass is 241 g/mol. The van der Waals surface area contributed by atoms with Crippen molar-refractivity contribution in [3.05, 3.63) is 0 Å². The standard InChI is InChI=1S/C13H24FN3/c14-12-9-17(8-5-13(12)15)11-3-6-16(7-4-11)10-1-2-10/h10-13H,1-9,15H2. The smallest absolute Gasteiger partial charge is 0.128 e. The van der Waals surface area contributed by atoms with Crippen LogP contribution in [0.3, 0.4) is 0 Å². The van der Waals surface area contributed by atoms with E-state index in [1.54, 1.807) is 0 Å². The van der Waals surface area contributed by atoms with E-state index < -0.39 is 6.17 Å². The SMILES string of the molecule is NC1CCN(C2CCN(C3CC3)CC2)CC1F.